The second-order valence-electron chi connectivity index (χ2n) is 5.39. The van der Waals surface area contributed by atoms with Crippen LogP contribution in [0.15, 0.2) is 47.4 Å². The number of rotatable bonds is 7. The molecule has 0 heterocycles. The standard InChI is InChI=1S/C18H20N2O6S/c1-4-19-27(23,24)16-11-13(7-10-15(16)25-2)17(21)20-14-8-5-12(6-9-14)18(22)26-3/h5-11,19H,4H2,1-3H3,(H,20,21). The molecule has 0 saturated carbocycles. The predicted molar refractivity (Wildman–Crippen MR) is 99.6 cm³/mol. The van der Waals surface area contributed by atoms with Gasteiger partial charge in [0.2, 0.25) is 10.0 Å². The number of sulfonamides is 1. The van der Waals surface area contributed by atoms with Crippen molar-refractivity contribution in [3.8, 4) is 5.75 Å². The summed E-state index contributed by atoms with van der Waals surface area (Å²) >= 11 is 0. The van der Waals surface area contributed by atoms with E-state index < -0.39 is 21.9 Å². The summed E-state index contributed by atoms with van der Waals surface area (Å²) in [5.74, 6) is -0.854. The molecule has 2 N–H and O–H groups in total. The summed E-state index contributed by atoms with van der Waals surface area (Å²) in [4.78, 5) is 23.8. The van der Waals surface area contributed by atoms with Crippen molar-refractivity contribution in [2.24, 2.45) is 0 Å². The van der Waals surface area contributed by atoms with Gasteiger partial charge in [0.05, 0.1) is 19.8 Å². The molecule has 0 radical (unpaired) electrons. The molecule has 2 aromatic carbocycles. The molecule has 0 aliphatic heterocycles. The van der Waals surface area contributed by atoms with Crippen LogP contribution in [0.1, 0.15) is 27.6 Å². The van der Waals surface area contributed by atoms with Gasteiger partial charge in [-0.15, -0.1) is 0 Å². The minimum Gasteiger partial charge on any atom is -0.495 e. The van der Waals surface area contributed by atoms with Crippen molar-refractivity contribution in [3.63, 3.8) is 0 Å². The Morgan fingerprint density at radius 3 is 2.19 bits per heavy atom. The molecule has 0 fully saturated rings. The number of anilines is 1. The third-order valence-corrected chi connectivity index (χ3v) is 5.18. The van der Waals surface area contributed by atoms with Gasteiger partial charge in [0.15, 0.2) is 0 Å². The van der Waals surface area contributed by atoms with Crippen molar-refractivity contribution >= 4 is 27.6 Å². The maximum absolute atomic E-state index is 12.5. The van der Waals surface area contributed by atoms with Gasteiger partial charge in [-0.25, -0.2) is 17.9 Å². The van der Waals surface area contributed by atoms with Crippen LogP contribution in [-0.2, 0) is 14.8 Å². The van der Waals surface area contributed by atoms with Crippen LogP contribution < -0.4 is 14.8 Å². The monoisotopic (exact) mass is 392 g/mol. The van der Waals surface area contributed by atoms with E-state index in [1.54, 1.807) is 19.1 Å². The molecular formula is C18H20N2O6S. The van der Waals surface area contributed by atoms with E-state index in [2.05, 4.69) is 14.8 Å². The SMILES string of the molecule is CCNS(=O)(=O)c1cc(C(=O)Nc2ccc(C(=O)OC)cc2)ccc1OC. The average molecular weight is 392 g/mol. The fourth-order valence-corrected chi connectivity index (χ4v) is 3.54. The van der Waals surface area contributed by atoms with Crippen LogP contribution in [0, 0.1) is 0 Å². The molecule has 27 heavy (non-hydrogen) atoms. The highest BCUT2D eigenvalue weighted by Crippen LogP contribution is 2.25. The fraction of sp³-hybridized carbons (Fsp3) is 0.222. The van der Waals surface area contributed by atoms with Gasteiger partial charge in [-0.2, -0.15) is 0 Å². The molecule has 8 nitrogen and oxygen atoms in total. The van der Waals surface area contributed by atoms with Crippen molar-refractivity contribution in [3.05, 3.63) is 53.6 Å². The second-order valence-corrected chi connectivity index (χ2v) is 7.13. The molecule has 2 aromatic rings. The summed E-state index contributed by atoms with van der Waals surface area (Å²) in [7, 11) is -1.18. The predicted octanol–water partition coefficient (Wildman–Crippen LogP) is 2.03. The third-order valence-electron chi connectivity index (χ3n) is 3.61. The van der Waals surface area contributed by atoms with Crippen LogP contribution in [0.2, 0.25) is 0 Å². The molecule has 1 amide bonds. The number of carbonyl (C=O) groups is 2. The number of amides is 1. The Kier molecular flexibility index (Phi) is 6.54. The molecule has 0 aliphatic carbocycles. The number of nitrogens with one attached hydrogen (secondary N) is 2. The van der Waals surface area contributed by atoms with Gasteiger partial charge in [-0.05, 0) is 42.5 Å². The first-order chi connectivity index (χ1) is 12.8. The van der Waals surface area contributed by atoms with Gasteiger partial charge < -0.3 is 14.8 Å². The van der Waals surface area contributed by atoms with Gasteiger partial charge >= 0.3 is 5.97 Å². The quantitative estimate of drug-likeness (QED) is 0.698. The highest BCUT2D eigenvalue weighted by molar-refractivity contribution is 7.89. The van der Waals surface area contributed by atoms with Crippen LogP contribution in [0.5, 0.6) is 5.75 Å². The largest absolute Gasteiger partial charge is 0.495 e. The van der Waals surface area contributed by atoms with E-state index in [0.717, 1.165) is 0 Å². The van der Waals surface area contributed by atoms with Gasteiger partial charge in [0, 0.05) is 17.8 Å². The Morgan fingerprint density at radius 2 is 1.63 bits per heavy atom. The average Bonchev–Trinajstić information content (AvgIpc) is 2.67. The summed E-state index contributed by atoms with van der Waals surface area (Å²) in [6, 6.07) is 10.2. The summed E-state index contributed by atoms with van der Waals surface area (Å²) in [6.07, 6.45) is 0. The minimum atomic E-state index is -3.81. The molecule has 0 aromatic heterocycles. The summed E-state index contributed by atoms with van der Waals surface area (Å²) in [5.41, 5.74) is 0.933. The molecule has 0 unspecified atom stereocenters. The van der Waals surface area contributed by atoms with E-state index in [0.29, 0.717) is 11.3 Å². The van der Waals surface area contributed by atoms with Gasteiger partial charge in [0.1, 0.15) is 10.6 Å². The van der Waals surface area contributed by atoms with E-state index in [1.807, 2.05) is 0 Å². The number of hydrogen-bond donors (Lipinski definition) is 2. The highest BCUT2D eigenvalue weighted by atomic mass is 32.2. The first kappa shape index (κ1) is 20.4. The van der Waals surface area contributed by atoms with Crippen LogP contribution in [-0.4, -0.2) is 41.1 Å². The zero-order valence-electron chi connectivity index (χ0n) is 15.1. The Labute approximate surface area is 157 Å². The Bertz CT molecular complexity index is 939. The molecule has 0 atom stereocenters. The number of ether oxygens (including phenoxy) is 2. The minimum absolute atomic E-state index is 0.125. The third kappa shape index (κ3) is 4.83. The number of methoxy groups -OCH3 is 2. The van der Waals surface area contributed by atoms with Gasteiger partial charge in [-0.1, -0.05) is 6.92 Å². The van der Waals surface area contributed by atoms with Crippen LogP contribution in [0.25, 0.3) is 0 Å². The first-order valence-electron chi connectivity index (χ1n) is 7.99. The van der Waals surface area contributed by atoms with Crippen LogP contribution in [0.3, 0.4) is 0 Å². The lowest BCUT2D eigenvalue weighted by atomic mass is 10.1. The summed E-state index contributed by atoms with van der Waals surface area (Å²) < 4.78 is 36.7. The van der Waals surface area contributed by atoms with Crippen molar-refractivity contribution in [1.82, 2.24) is 4.72 Å². The fourth-order valence-electron chi connectivity index (χ4n) is 2.31. The zero-order chi connectivity index (χ0) is 20.0. The smallest absolute Gasteiger partial charge is 0.337 e. The Morgan fingerprint density at radius 1 is 1.00 bits per heavy atom. The van der Waals surface area contributed by atoms with Crippen molar-refractivity contribution in [1.29, 1.82) is 0 Å². The van der Waals surface area contributed by atoms with E-state index >= 15 is 0 Å². The number of esters is 1. The number of hydrogen-bond acceptors (Lipinski definition) is 6. The van der Waals surface area contributed by atoms with E-state index in [-0.39, 0.29) is 22.8 Å². The van der Waals surface area contributed by atoms with Crippen LogP contribution in [0.4, 0.5) is 5.69 Å². The zero-order valence-corrected chi connectivity index (χ0v) is 15.9. The first-order valence-corrected chi connectivity index (χ1v) is 9.48. The molecule has 0 spiro atoms. The second kappa shape index (κ2) is 8.65. The van der Waals surface area contributed by atoms with Gasteiger partial charge in [-0.3, -0.25) is 4.79 Å². The van der Waals surface area contributed by atoms with Crippen molar-refractivity contribution < 1.29 is 27.5 Å². The van der Waals surface area contributed by atoms with E-state index in [1.165, 1.54) is 44.6 Å². The molecule has 0 bridgehead atoms. The lowest BCUT2D eigenvalue weighted by Crippen LogP contribution is -2.24. The molecule has 2 rings (SSSR count). The molecular weight excluding hydrogens is 372 g/mol. The lowest BCUT2D eigenvalue weighted by Gasteiger charge is -2.12. The molecule has 9 heteroatoms. The van der Waals surface area contributed by atoms with E-state index in [9.17, 15) is 18.0 Å². The van der Waals surface area contributed by atoms with Crippen molar-refractivity contribution in [2.75, 3.05) is 26.1 Å². The van der Waals surface area contributed by atoms with Gasteiger partial charge in [0.25, 0.3) is 5.91 Å². The molecule has 0 aliphatic rings. The van der Waals surface area contributed by atoms with E-state index in [4.69, 9.17) is 4.74 Å². The van der Waals surface area contributed by atoms with Crippen molar-refractivity contribution in [2.45, 2.75) is 11.8 Å². The normalized spacial score (nSPS) is 10.9. The maximum atomic E-state index is 12.5. The lowest BCUT2D eigenvalue weighted by molar-refractivity contribution is 0.0600. The summed E-state index contributed by atoms with van der Waals surface area (Å²) in [5, 5.41) is 2.64. The summed E-state index contributed by atoms with van der Waals surface area (Å²) in [6.45, 7) is 1.85. The molecule has 0 saturated heterocycles. The Balaban J connectivity index is 2.27. The number of benzene rings is 2. The number of carbonyl (C=O) groups excluding carboxylic acids is 2. The van der Waals surface area contributed by atoms with Crippen LogP contribution >= 0.6 is 0 Å². The topological polar surface area (TPSA) is 111 Å². The molecule has 144 valence electrons. The highest BCUT2D eigenvalue weighted by Gasteiger charge is 2.21. The maximum Gasteiger partial charge on any atom is 0.337 e. The Hall–Kier alpha value is -2.91.